The molecule has 1 unspecified atom stereocenters. The van der Waals surface area contributed by atoms with Gasteiger partial charge in [-0.2, -0.15) is 5.10 Å². The van der Waals surface area contributed by atoms with Crippen molar-refractivity contribution in [1.29, 1.82) is 0 Å². The number of benzene rings is 1. The van der Waals surface area contributed by atoms with Crippen LogP contribution in [0.4, 0.5) is 0 Å². The van der Waals surface area contributed by atoms with E-state index in [1.807, 2.05) is 6.92 Å². The minimum absolute atomic E-state index is 0.256. The molecule has 0 radical (unpaired) electrons. The molecule has 7 heteroatoms. The molecule has 1 aromatic heterocycles. The first-order chi connectivity index (χ1) is 9.65. The van der Waals surface area contributed by atoms with E-state index in [1.165, 1.54) is 13.4 Å². The average Bonchev–Trinajstić information content (AvgIpc) is 3.00. The third kappa shape index (κ3) is 2.87. The maximum Gasteiger partial charge on any atom is 0.255 e. The summed E-state index contributed by atoms with van der Waals surface area (Å²) in [4.78, 5) is 16.2. The molecule has 2 aromatic rings. The van der Waals surface area contributed by atoms with Crippen molar-refractivity contribution in [1.82, 2.24) is 20.5 Å². The molecule has 0 aliphatic carbocycles. The summed E-state index contributed by atoms with van der Waals surface area (Å²) < 4.78 is 10.3. The van der Waals surface area contributed by atoms with Crippen LogP contribution in [0, 0.1) is 0 Å². The second-order valence-electron chi connectivity index (χ2n) is 4.13. The Morgan fingerprint density at radius 3 is 2.75 bits per heavy atom. The first-order valence-corrected chi connectivity index (χ1v) is 6.04. The molecule has 2 N–H and O–H groups in total. The highest BCUT2D eigenvalue weighted by molar-refractivity contribution is 5.97. The zero-order valence-electron chi connectivity index (χ0n) is 11.5. The second-order valence-corrected chi connectivity index (χ2v) is 4.13. The van der Waals surface area contributed by atoms with E-state index in [1.54, 1.807) is 25.3 Å². The maximum atomic E-state index is 12.2. The van der Waals surface area contributed by atoms with Gasteiger partial charge in [0.25, 0.3) is 5.91 Å². The zero-order valence-corrected chi connectivity index (χ0v) is 11.5. The van der Waals surface area contributed by atoms with Crippen molar-refractivity contribution in [3.63, 3.8) is 0 Å². The molecule has 1 atom stereocenters. The molecule has 0 saturated carbocycles. The van der Waals surface area contributed by atoms with Gasteiger partial charge in [0.15, 0.2) is 0 Å². The molecule has 0 aliphatic heterocycles. The highest BCUT2D eigenvalue weighted by Crippen LogP contribution is 2.24. The number of rotatable bonds is 5. The summed E-state index contributed by atoms with van der Waals surface area (Å²) in [5.74, 6) is 1.41. The van der Waals surface area contributed by atoms with Crippen molar-refractivity contribution in [2.75, 3.05) is 14.2 Å². The molecular weight excluding hydrogens is 260 g/mol. The van der Waals surface area contributed by atoms with Gasteiger partial charge in [0.2, 0.25) is 0 Å². The predicted octanol–water partition coefficient (Wildman–Crippen LogP) is 1.31. The lowest BCUT2D eigenvalue weighted by Crippen LogP contribution is -2.27. The SMILES string of the molecule is COc1ccc(C(=O)NC(C)c2ncn[nH]2)c(OC)c1. The van der Waals surface area contributed by atoms with Gasteiger partial charge in [0, 0.05) is 6.07 Å². The lowest BCUT2D eigenvalue weighted by molar-refractivity contribution is 0.0935. The van der Waals surface area contributed by atoms with Crippen LogP contribution in [0.2, 0.25) is 0 Å². The average molecular weight is 276 g/mol. The molecule has 0 fully saturated rings. The fourth-order valence-electron chi connectivity index (χ4n) is 1.75. The molecule has 7 nitrogen and oxygen atoms in total. The zero-order chi connectivity index (χ0) is 14.5. The molecule has 0 bridgehead atoms. The second kappa shape index (κ2) is 6.05. The molecule has 1 aromatic carbocycles. The van der Waals surface area contributed by atoms with Crippen LogP contribution < -0.4 is 14.8 Å². The fraction of sp³-hybridized carbons (Fsp3) is 0.308. The van der Waals surface area contributed by atoms with Crippen molar-refractivity contribution < 1.29 is 14.3 Å². The van der Waals surface area contributed by atoms with Crippen LogP contribution in [0.5, 0.6) is 11.5 Å². The van der Waals surface area contributed by atoms with Crippen molar-refractivity contribution in [2.24, 2.45) is 0 Å². The number of hydrogen-bond donors (Lipinski definition) is 2. The summed E-state index contributed by atoms with van der Waals surface area (Å²) in [6, 6.07) is 4.74. The van der Waals surface area contributed by atoms with Gasteiger partial charge in [-0.15, -0.1) is 0 Å². The first-order valence-electron chi connectivity index (χ1n) is 6.04. The van der Waals surface area contributed by atoms with E-state index in [0.717, 1.165) is 0 Å². The largest absolute Gasteiger partial charge is 0.497 e. The summed E-state index contributed by atoms with van der Waals surface area (Å²) in [6.07, 6.45) is 1.39. The van der Waals surface area contributed by atoms with Gasteiger partial charge >= 0.3 is 0 Å². The van der Waals surface area contributed by atoms with Crippen LogP contribution in [0.15, 0.2) is 24.5 Å². The monoisotopic (exact) mass is 276 g/mol. The van der Waals surface area contributed by atoms with Crippen molar-refractivity contribution in [3.05, 3.63) is 35.9 Å². The molecule has 1 amide bonds. The van der Waals surface area contributed by atoms with E-state index >= 15 is 0 Å². The number of hydrogen-bond acceptors (Lipinski definition) is 5. The van der Waals surface area contributed by atoms with E-state index in [0.29, 0.717) is 22.9 Å². The Bertz CT molecular complexity index is 583. The molecular formula is C13H16N4O3. The van der Waals surface area contributed by atoms with E-state index in [4.69, 9.17) is 9.47 Å². The number of carbonyl (C=O) groups is 1. The Labute approximate surface area is 116 Å². The standard InChI is InChI=1S/C13H16N4O3/c1-8(12-14-7-15-17-12)16-13(18)10-5-4-9(19-2)6-11(10)20-3/h4-8H,1-3H3,(H,16,18)(H,14,15,17). The van der Waals surface area contributed by atoms with Crippen LogP contribution in [0.3, 0.4) is 0 Å². The number of methoxy groups -OCH3 is 2. The van der Waals surface area contributed by atoms with Crippen LogP contribution in [0.25, 0.3) is 0 Å². The third-order valence-corrected chi connectivity index (χ3v) is 2.84. The highest BCUT2D eigenvalue weighted by Gasteiger charge is 2.17. The Kier molecular flexibility index (Phi) is 4.19. The van der Waals surface area contributed by atoms with E-state index in [2.05, 4.69) is 20.5 Å². The van der Waals surface area contributed by atoms with Gasteiger partial charge in [-0.25, -0.2) is 4.98 Å². The van der Waals surface area contributed by atoms with E-state index in [-0.39, 0.29) is 11.9 Å². The van der Waals surface area contributed by atoms with Gasteiger partial charge in [-0.3, -0.25) is 9.89 Å². The van der Waals surface area contributed by atoms with Crippen molar-refractivity contribution >= 4 is 5.91 Å². The highest BCUT2D eigenvalue weighted by atomic mass is 16.5. The van der Waals surface area contributed by atoms with Crippen molar-refractivity contribution in [3.8, 4) is 11.5 Å². The minimum atomic E-state index is -0.281. The van der Waals surface area contributed by atoms with Gasteiger partial charge in [-0.05, 0) is 19.1 Å². The Morgan fingerprint density at radius 1 is 1.35 bits per heavy atom. The molecule has 2 rings (SSSR count). The summed E-state index contributed by atoms with van der Waals surface area (Å²) in [5.41, 5.74) is 0.430. The quantitative estimate of drug-likeness (QED) is 0.859. The lowest BCUT2D eigenvalue weighted by atomic mass is 10.1. The summed E-state index contributed by atoms with van der Waals surface area (Å²) in [5, 5.41) is 9.28. The lowest BCUT2D eigenvalue weighted by Gasteiger charge is -2.13. The topological polar surface area (TPSA) is 89.1 Å². The van der Waals surface area contributed by atoms with Crippen LogP contribution in [-0.4, -0.2) is 35.3 Å². The Balaban J connectivity index is 2.16. The number of H-pyrrole nitrogens is 1. The number of nitrogens with one attached hydrogen (secondary N) is 2. The van der Waals surface area contributed by atoms with Crippen LogP contribution >= 0.6 is 0 Å². The number of aromatic amines is 1. The van der Waals surface area contributed by atoms with E-state index < -0.39 is 0 Å². The Hall–Kier alpha value is -2.57. The van der Waals surface area contributed by atoms with Gasteiger partial charge in [0.1, 0.15) is 23.7 Å². The molecule has 20 heavy (non-hydrogen) atoms. The summed E-state index contributed by atoms with van der Waals surface area (Å²) in [7, 11) is 3.06. The maximum absolute atomic E-state index is 12.2. The Morgan fingerprint density at radius 2 is 2.15 bits per heavy atom. The smallest absolute Gasteiger partial charge is 0.255 e. The summed E-state index contributed by atoms with van der Waals surface area (Å²) >= 11 is 0. The number of carbonyl (C=O) groups excluding carboxylic acids is 1. The predicted molar refractivity (Wildman–Crippen MR) is 71.8 cm³/mol. The molecule has 106 valence electrons. The van der Waals surface area contributed by atoms with Gasteiger partial charge in [0.05, 0.1) is 25.8 Å². The molecule has 0 aliphatic rings. The normalized spacial score (nSPS) is 11.8. The van der Waals surface area contributed by atoms with E-state index in [9.17, 15) is 4.79 Å². The number of ether oxygens (including phenoxy) is 2. The number of nitrogens with zero attached hydrogens (tertiary/aromatic N) is 2. The fourth-order valence-corrected chi connectivity index (χ4v) is 1.75. The van der Waals surface area contributed by atoms with Gasteiger partial charge in [-0.1, -0.05) is 0 Å². The van der Waals surface area contributed by atoms with Crippen molar-refractivity contribution in [2.45, 2.75) is 13.0 Å². The van der Waals surface area contributed by atoms with Crippen LogP contribution in [-0.2, 0) is 0 Å². The minimum Gasteiger partial charge on any atom is -0.497 e. The number of aromatic nitrogens is 3. The first kappa shape index (κ1) is 13.9. The number of amides is 1. The third-order valence-electron chi connectivity index (χ3n) is 2.84. The molecule has 0 saturated heterocycles. The molecule has 1 heterocycles. The van der Waals surface area contributed by atoms with Gasteiger partial charge < -0.3 is 14.8 Å². The summed E-state index contributed by atoms with van der Waals surface area (Å²) in [6.45, 7) is 1.81. The van der Waals surface area contributed by atoms with Crippen LogP contribution in [0.1, 0.15) is 29.1 Å². The molecule has 0 spiro atoms.